The summed E-state index contributed by atoms with van der Waals surface area (Å²) < 4.78 is 22.9. The molecule has 5 rings (SSSR count). The molecule has 1 aliphatic rings. The van der Waals surface area contributed by atoms with Crippen molar-refractivity contribution in [2.45, 2.75) is 6.42 Å². The van der Waals surface area contributed by atoms with Crippen molar-refractivity contribution in [2.75, 3.05) is 25.5 Å². The maximum atomic E-state index is 15.1. The molecule has 7 nitrogen and oxygen atoms in total. The molecule has 4 aromatic rings. The number of aromatic nitrogens is 1. The normalized spacial score (nSPS) is 11.9. The molecule has 0 saturated carbocycles. The Morgan fingerprint density at radius 3 is 2.75 bits per heavy atom. The summed E-state index contributed by atoms with van der Waals surface area (Å²) in [6.07, 6.45) is 2.05. The monoisotopic (exact) mass is 433 g/mol. The van der Waals surface area contributed by atoms with E-state index in [1.807, 2.05) is 37.4 Å². The highest BCUT2D eigenvalue weighted by atomic mass is 19.1. The van der Waals surface area contributed by atoms with Gasteiger partial charge in [-0.25, -0.2) is 9.18 Å². The van der Waals surface area contributed by atoms with Crippen molar-refractivity contribution in [1.82, 2.24) is 9.88 Å². The number of nitrogens with zero attached hydrogens (tertiary/aromatic N) is 1. The summed E-state index contributed by atoms with van der Waals surface area (Å²) in [5.41, 5.74) is -0.0999. The van der Waals surface area contributed by atoms with E-state index in [9.17, 15) is 14.7 Å². The average Bonchev–Trinajstić information content (AvgIpc) is 2.79. The predicted octanol–water partition coefficient (Wildman–Crippen LogP) is 4.11. The molecule has 8 heteroatoms. The first-order valence-electron chi connectivity index (χ1n) is 10.2. The molecule has 3 N–H and O–H groups in total. The molecule has 162 valence electrons. The molecule has 0 unspecified atom stereocenters. The summed E-state index contributed by atoms with van der Waals surface area (Å²) in [5.74, 6) is -1.43. The summed E-state index contributed by atoms with van der Waals surface area (Å²) in [7, 11) is 1.84. The zero-order chi connectivity index (χ0) is 22.4. The van der Waals surface area contributed by atoms with Crippen LogP contribution < -0.4 is 20.8 Å². The Labute approximate surface area is 182 Å². The number of hydrogen-bond acceptors (Lipinski definition) is 5. The number of pyridine rings is 1. The number of rotatable bonds is 6. The lowest BCUT2D eigenvalue weighted by atomic mass is 10.0. The Morgan fingerprint density at radius 1 is 1.16 bits per heavy atom. The second-order valence-corrected chi connectivity index (χ2v) is 7.63. The number of anilines is 1. The Kier molecular flexibility index (Phi) is 4.79. The van der Waals surface area contributed by atoms with E-state index < -0.39 is 22.8 Å². The van der Waals surface area contributed by atoms with Crippen LogP contribution in [0.15, 0.2) is 53.5 Å². The van der Waals surface area contributed by atoms with Crippen molar-refractivity contribution >= 4 is 33.3 Å². The summed E-state index contributed by atoms with van der Waals surface area (Å²) in [6, 6.07) is 12.3. The van der Waals surface area contributed by atoms with Gasteiger partial charge in [-0.2, -0.15) is 0 Å². The maximum Gasteiger partial charge on any atom is 0.341 e. The van der Waals surface area contributed by atoms with Crippen molar-refractivity contribution in [3.05, 3.63) is 70.3 Å². The fourth-order valence-corrected chi connectivity index (χ4v) is 4.17. The molecule has 3 aromatic carbocycles. The number of carbonyl (C=O) groups is 1. The van der Waals surface area contributed by atoms with Crippen LogP contribution in [0, 0.1) is 5.82 Å². The van der Waals surface area contributed by atoms with Gasteiger partial charge in [0, 0.05) is 18.1 Å². The first kappa shape index (κ1) is 20.0. The number of fused-ring (bicyclic) bond motifs is 4. The van der Waals surface area contributed by atoms with Gasteiger partial charge in [0.15, 0.2) is 17.3 Å². The van der Waals surface area contributed by atoms with Gasteiger partial charge in [0.2, 0.25) is 5.43 Å². The zero-order valence-corrected chi connectivity index (χ0v) is 17.2. The average molecular weight is 433 g/mol. The second kappa shape index (κ2) is 7.65. The fraction of sp³-hybridized carbons (Fsp3) is 0.167. The highest BCUT2D eigenvalue weighted by molar-refractivity contribution is 6.02. The summed E-state index contributed by atoms with van der Waals surface area (Å²) in [6.45, 7) is 1.24. The standard InChI is InChI=1S/C24H20FN3O4/c1-26-9-4-10-27-19-17(25)11-15-21-23(19)32-18-8-7-13-5-2-3-6-14(13)20(18)28(21)12-16(22(15)29)24(30)31/h2-3,5-8,11-12,26-27H,4,9-10H2,1H3,(H,30,31). The van der Waals surface area contributed by atoms with E-state index in [2.05, 4.69) is 10.6 Å². The van der Waals surface area contributed by atoms with Gasteiger partial charge in [0.05, 0.1) is 11.1 Å². The first-order chi connectivity index (χ1) is 15.5. The molecule has 1 aromatic heterocycles. The van der Waals surface area contributed by atoms with Crippen molar-refractivity contribution in [3.63, 3.8) is 0 Å². The lowest BCUT2D eigenvalue weighted by Crippen LogP contribution is -2.22. The van der Waals surface area contributed by atoms with Crippen LogP contribution in [0.4, 0.5) is 10.1 Å². The van der Waals surface area contributed by atoms with Crippen molar-refractivity contribution in [2.24, 2.45) is 0 Å². The van der Waals surface area contributed by atoms with E-state index in [4.69, 9.17) is 4.74 Å². The van der Waals surface area contributed by atoms with Crippen molar-refractivity contribution in [3.8, 4) is 17.2 Å². The lowest BCUT2D eigenvalue weighted by molar-refractivity contribution is 0.0695. The third-order valence-corrected chi connectivity index (χ3v) is 5.65. The number of aromatic carboxylic acids is 1. The Hall–Kier alpha value is -3.91. The molecule has 0 bridgehead atoms. The quantitative estimate of drug-likeness (QED) is 0.349. The molecule has 32 heavy (non-hydrogen) atoms. The van der Waals surface area contributed by atoms with Gasteiger partial charge in [0.25, 0.3) is 0 Å². The molecule has 0 spiro atoms. The predicted molar refractivity (Wildman–Crippen MR) is 121 cm³/mol. The molecule has 0 amide bonds. The number of hydrogen-bond donors (Lipinski definition) is 3. The molecule has 1 aliphatic heterocycles. The SMILES string of the molecule is CNCCCNc1c(F)cc2c(=O)c(C(=O)O)cn3c2c1Oc1ccc2ccccc2c1-3. The van der Waals surface area contributed by atoms with Crippen molar-refractivity contribution in [1.29, 1.82) is 0 Å². The minimum absolute atomic E-state index is 0.0447. The number of halogens is 1. The van der Waals surface area contributed by atoms with Gasteiger partial charge in [-0.15, -0.1) is 0 Å². The first-order valence-corrected chi connectivity index (χ1v) is 10.2. The van der Waals surface area contributed by atoms with Gasteiger partial charge in [-0.3, -0.25) is 4.79 Å². The summed E-state index contributed by atoms with van der Waals surface area (Å²) in [4.78, 5) is 24.7. The van der Waals surface area contributed by atoms with Crippen LogP contribution in [0.25, 0.3) is 27.4 Å². The van der Waals surface area contributed by atoms with Crippen LogP contribution >= 0.6 is 0 Å². The Morgan fingerprint density at radius 2 is 1.97 bits per heavy atom. The van der Waals surface area contributed by atoms with Crippen LogP contribution in [0.3, 0.4) is 0 Å². The topological polar surface area (TPSA) is 92.6 Å². The van der Waals surface area contributed by atoms with E-state index in [1.54, 1.807) is 10.6 Å². The maximum absolute atomic E-state index is 15.1. The van der Waals surface area contributed by atoms with Gasteiger partial charge in [-0.1, -0.05) is 30.3 Å². The van der Waals surface area contributed by atoms with Crippen LogP contribution in [0.2, 0.25) is 0 Å². The fourth-order valence-electron chi connectivity index (χ4n) is 4.17. The summed E-state index contributed by atoms with van der Waals surface area (Å²) >= 11 is 0. The van der Waals surface area contributed by atoms with E-state index in [0.29, 0.717) is 23.5 Å². The highest BCUT2D eigenvalue weighted by Crippen LogP contribution is 2.47. The number of carboxylic acids is 1. The minimum atomic E-state index is -1.37. The van der Waals surface area contributed by atoms with Crippen LogP contribution in [-0.4, -0.2) is 35.8 Å². The summed E-state index contributed by atoms with van der Waals surface area (Å²) in [5, 5.41) is 17.4. The molecule has 0 aliphatic carbocycles. The van der Waals surface area contributed by atoms with E-state index in [-0.39, 0.29) is 16.8 Å². The molecule has 0 fully saturated rings. The number of ether oxygens (including phenoxy) is 1. The third kappa shape index (κ3) is 2.99. The van der Waals surface area contributed by atoms with Crippen LogP contribution in [-0.2, 0) is 0 Å². The Bertz CT molecular complexity index is 1460. The van der Waals surface area contributed by atoms with Gasteiger partial charge >= 0.3 is 5.97 Å². The zero-order valence-electron chi connectivity index (χ0n) is 17.2. The van der Waals surface area contributed by atoms with Crippen LogP contribution in [0.5, 0.6) is 11.5 Å². The molecule has 0 radical (unpaired) electrons. The molecular weight excluding hydrogens is 413 g/mol. The molecule has 2 heterocycles. The largest absolute Gasteiger partial charge is 0.477 e. The molecule has 0 saturated heterocycles. The lowest BCUT2D eigenvalue weighted by Gasteiger charge is -2.27. The van der Waals surface area contributed by atoms with Crippen LogP contribution in [0.1, 0.15) is 16.8 Å². The second-order valence-electron chi connectivity index (χ2n) is 7.63. The smallest absolute Gasteiger partial charge is 0.341 e. The number of carboxylic acid groups (broad SMARTS) is 1. The van der Waals surface area contributed by atoms with Crippen molar-refractivity contribution < 1.29 is 19.0 Å². The van der Waals surface area contributed by atoms with Gasteiger partial charge in [0.1, 0.15) is 16.8 Å². The highest BCUT2D eigenvalue weighted by Gasteiger charge is 2.29. The number of nitrogens with one attached hydrogen (secondary N) is 2. The van der Waals surface area contributed by atoms with E-state index in [1.165, 1.54) is 6.20 Å². The molecular formula is C24H20FN3O4. The minimum Gasteiger partial charge on any atom is -0.477 e. The Balaban J connectivity index is 1.86. The third-order valence-electron chi connectivity index (χ3n) is 5.65. The van der Waals surface area contributed by atoms with E-state index in [0.717, 1.165) is 29.8 Å². The van der Waals surface area contributed by atoms with E-state index >= 15 is 4.39 Å². The number of benzene rings is 3. The molecule has 0 atom stereocenters. The van der Waals surface area contributed by atoms with Gasteiger partial charge < -0.3 is 25.0 Å². The van der Waals surface area contributed by atoms with Gasteiger partial charge in [-0.05, 0) is 37.5 Å².